The van der Waals surface area contributed by atoms with Crippen LogP contribution in [0.25, 0.3) is 0 Å². The molecule has 0 fully saturated rings. The Balaban J connectivity index is 2.66. The van der Waals surface area contributed by atoms with Gasteiger partial charge in [-0.05, 0) is 0 Å². The number of phenolic OH excluding ortho intramolecular Hbond substituents is 1. The van der Waals surface area contributed by atoms with E-state index in [0.29, 0.717) is 29.4 Å². The number of fused-ring (bicyclic) bond motifs is 3. The van der Waals surface area contributed by atoms with E-state index in [1.54, 1.807) is 0 Å². The predicted molar refractivity (Wildman–Crippen MR) is 45.5 cm³/mol. The zero-order chi connectivity index (χ0) is 9.42. The smallest absolute Gasteiger partial charge is 0.204 e. The number of aromatic hydroxyl groups is 1. The molecule has 0 unspecified atom stereocenters. The van der Waals surface area contributed by atoms with E-state index in [1.165, 1.54) is 20.3 Å². The number of benzene rings is 1. The first-order valence-corrected chi connectivity index (χ1v) is 3.87. The van der Waals surface area contributed by atoms with E-state index >= 15 is 0 Å². The third-order valence-electron chi connectivity index (χ3n) is 2.06. The summed E-state index contributed by atoms with van der Waals surface area (Å²) in [5.74, 6) is 1.82. The Bertz CT molecular complexity index is 346. The Morgan fingerprint density at radius 3 is 2.54 bits per heavy atom. The average Bonchev–Trinajstić information content (AvgIpc) is 2.17. The summed E-state index contributed by atoms with van der Waals surface area (Å²) in [5, 5.41) is 9.47. The van der Waals surface area contributed by atoms with Crippen LogP contribution < -0.4 is 14.2 Å². The number of methoxy groups -OCH3 is 2. The molecular formula is C9H10O4. The molecule has 0 atom stereocenters. The lowest BCUT2D eigenvalue weighted by atomic mass is 10.1. The molecule has 70 valence electrons. The van der Waals surface area contributed by atoms with E-state index in [2.05, 4.69) is 0 Å². The van der Waals surface area contributed by atoms with Gasteiger partial charge in [0.1, 0.15) is 12.4 Å². The lowest BCUT2D eigenvalue weighted by Gasteiger charge is -2.23. The Morgan fingerprint density at radius 1 is 1.31 bits per heavy atom. The van der Waals surface area contributed by atoms with Gasteiger partial charge >= 0.3 is 0 Å². The number of phenols is 1. The molecule has 3 rings (SSSR count). The maximum absolute atomic E-state index is 9.47. The maximum atomic E-state index is 9.47. The summed E-state index contributed by atoms with van der Waals surface area (Å²) in [4.78, 5) is 0. The highest BCUT2D eigenvalue weighted by Crippen LogP contribution is 2.48. The molecule has 2 aliphatic heterocycles. The third kappa shape index (κ3) is 0.983. The van der Waals surface area contributed by atoms with Crippen molar-refractivity contribution in [3.8, 4) is 23.0 Å². The van der Waals surface area contributed by atoms with Crippen LogP contribution in [0, 0.1) is 0 Å². The van der Waals surface area contributed by atoms with Crippen LogP contribution in [0.2, 0.25) is 0 Å². The molecule has 0 saturated heterocycles. The van der Waals surface area contributed by atoms with Crippen molar-refractivity contribution in [3.63, 3.8) is 0 Å². The zero-order valence-electron chi connectivity index (χ0n) is 7.46. The maximum Gasteiger partial charge on any atom is 0.204 e. The van der Waals surface area contributed by atoms with Gasteiger partial charge in [0.25, 0.3) is 0 Å². The molecule has 1 N–H and O–H groups in total. The second-order valence-electron chi connectivity index (χ2n) is 2.73. The monoisotopic (exact) mass is 182 g/mol. The van der Waals surface area contributed by atoms with Gasteiger partial charge in [-0.3, -0.25) is 0 Å². The Morgan fingerprint density at radius 2 is 2.00 bits per heavy atom. The average molecular weight is 182 g/mol. The van der Waals surface area contributed by atoms with Crippen LogP contribution in [-0.2, 0) is 6.61 Å². The normalized spacial score (nSPS) is 12.5. The van der Waals surface area contributed by atoms with Crippen molar-refractivity contribution in [3.05, 3.63) is 11.6 Å². The van der Waals surface area contributed by atoms with Crippen LogP contribution >= 0.6 is 0 Å². The molecule has 0 amide bonds. The molecule has 4 heteroatoms. The first-order valence-electron chi connectivity index (χ1n) is 3.87. The molecule has 0 aromatic heterocycles. The molecule has 1 aromatic rings. The topological polar surface area (TPSA) is 47.9 Å². The minimum absolute atomic E-state index is 0.193. The summed E-state index contributed by atoms with van der Waals surface area (Å²) in [7, 11) is 3.08. The molecule has 0 saturated carbocycles. The largest absolute Gasteiger partial charge is 0.507 e. The predicted octanol–water partition coefficient (Wildman–Crippen LogP) is 1.30. The molecule has 4 nitrogen and oxygen atoms in total. The van der Waals surface area contributed by atoms with Gasteiger partial charge < -0.3 is 19.3 Å². The number of hydrogen-bond donors (Lipinski definition) is 1. The summed E-state index contributed by atoms with van der Waals surface area (Å²) >= 11 is 0. The van der Waals surface area contributed by atoms with Crippen molar-refractivity contribution in [2.24, 2.45) is 0 Å². The fourth-order valence-electron chi connectivity index (χ4n) is 1.45. The quantitative estimate of drug-likeness (QED) is 0.748. The highest BCUT2D eigenvalue weighted by molar-refractivity contribution is 5.63. The van der Waals surface area contributed by atoms with Gasteiger partial charge in [-0.1, -0.05) is 0 Å². The van der Waals surface area contributed by atoms with E-state index in [-0.39, 0.29) is 5.75 Å². The summed E-state index contributed by atoms with van der Waals surface area (Å²) in [6, 6.07) is 1.53. The first kappa shape index (κ1) is 8.04. The minimum Gasteiger partial charge on any atom is -0.507 e. The van der Waals surface area contributed by atoms with E-state index in [9.17, 15) is 5.11 Å². The van der Waals surface area contributed by atoms with Crippen LogP contribution in [0.5, 0.6) is 23.0 Å². The van der Waals surface area contributed by atoms with Gasteiger partial charge in [0.2, 0.25) is 5.75 Å². The van der Waals surface area contributed by atoms with Crippen LogP contribution in [0.4, 0.5) is 0 Å². The molecule has 2 bridgehead atoms. The summed E-state index contributed by atoms with van der Waals surface area (Å²) < 4.78 is 15.5. The number of rotatable bonds is 2. The standard InChI is InChI=1S/C9H10O4/c1-11-8-5-4-13-7(3-6(5)10)9(8)12-2/h3,10H,4H2,1-2H3. The second-order valence-corrected chi connectivity index (χ2v) is 2.73. The fourth-order valence-corrected chi connectivity index (χ4v) is 1.45. The molecular weight excluding hydrogens is 172 g/mol. The van der Waals surface area contributed by atoms with Gasteiger partial charge in [-0.15, -0.1) is 0 Å². The lowest BCUT2D eigenvalue weighted by molar-refractivity contribution is 0.237. The number of hydrogen-bond acceptors (Lipinski definition) is 4. The van der Waals surface area contributed by atoms with Crippen molar-refractivity contribution in [1.82, 2.24) is 0 Å². The zero-order valence-corrected chi connectivity index (χ0v) is 7.46. The van der Waals surface area contributed by atoms with Crippen LogP contribution in [0.1, 0.15) is 5.56 Å². The van der Waals surface area contributed by atoms with Gasteiger partial charge in [0.15, 0.2) is 11.5 Å². The fraction of sp³-hybridized carbons (Fsp3) is 0.333. The molecule has 2 heterocycles. The van der Waals surface area contributed by atoms with Gasteiger partial charge in [-0.2, -0.15) is 0 Å². The van der Waals surface area contributed by atoms with E-state index in [1.807, 2.05) is 0 Å². The van der Waals surface area contributed by atoms with Crippen molar-refractivity contribution in [1.29, 1.82) is 0 Å². The highest BCUT2D eigenvalue weighted by atomic mass is 16.5. The Labute approximate surface area is 75.7 Å². The van der Waals surface area contributed by atoms with Crippen molar-refractivity contribution >= 4 is 0 Å². The highest BCUT2D eigenvalue weighted by Gasteiger charge is 2.25. The van der Waals surface area contributed by atoms with Crippen molar-refractivity contribution in [2.45, 2.75) is 6.61 Å². The molecule has 0 spiro atoms. The molecule has 2 aliphatic rings. The summed E-state index contributed by atoms with van der Waals surface area (Å²) in [6.45, 7) is 0.341. The van der Waals surface area contributed by atoms with Crippen LogP contribution in [-0.4, -0.2) is 19.3 Å². The summed E-state index contributed by atoms with van der Waals surface area (Å²) in [6.07, 6.45) is 0. The second kappa shape index (κ2) is 2.73. The van der Waals surface area contributed by atoms with Gasteiger partial charge in [0.05, 0.1) is 19.8 Å². The van der Waals surface area contributed by atoms with E-state index < -0.39 is 0 Å². The van der Waals surface area contributed by atoms with Crippen molar-refractivity contribution < 1.29 is 19.3 Å². The van der Waals surface area contributed by atoms with E-state index in [0.717, 1.165) is 0 Å². The summed E-state index contributed by atoms with van der Waals surface area (Å²) in [5.41, 5.74) is 0.634. The SMILES string of the molecule is COc1c2cc(O)c(c1OC)CO2. The van der Waals surface area contributed by atoms with E-state index in [4.69, 9.17) is 14.2 Å². The van der Waals surface area contributed by atoms with Crippen LogP contribution in [0.3, 0.4) is 0 Å². The molecule has 0 radical (unpaired) electrons. The lowest BCUT2D eigenvalue weighted by Crippen LogP contribution is -2.08. The van der Waals surface area contributed by atoms with Gasteiger partial charge in [0, 0.05) is 6.07 Å². The Kier molecular flexibility index (Phi) is 1.69. The molecule has 1 aromatic carbocycles. The third-order valence-corrected chi connectivity index (χ3v) is 2.06. The Hall–Kier alpha value is -1.58. The first-order chi connectivity index (χ1) is 6.27. The molecule has 13 heavy (non-hydrogen) atoms. The minimum atomic E-state index is 0.193. The van der Waals surface area contributed by atoms with Crippen molar-refractivity contribution in [2.75, 3.05) is 14.2 Å². The molecule has 0 aliphatic carbocycles. The number of ether oxygens (including phenoxy) is 3. The van der Waals surface area contributed by atoms with Gasteiger partial charge in [-0.25, -0.2) is 0 Å². The van der Waals surface area contributed by atoms with Crippen LogP contribution in [0.15, 0.2) is 6.07 Å².